The van der Waals surface area contributed by atoms with Crippen molar-refractivity contribution >= 4 is 11.6 Å². The topological polar surface area (TPSA) is 50.4 Å². The fraction of sp³-hybridized carbons (Fsp3) is 0.250. The Morgan fingerprint density at radius 2 is 1.92 bits per heavy atom. The van der Waals surface area contributed by atoms with Gasteiger partial charge in [0.1, 0.15) is 12.4 Å². The summed E-state index contributed by atoms with van der Waals surface area (Å²) < 4.78 is 5.57. The van der Waals surface area contributed by atoms with E-state index in [1.807, 2.05) is 49.4 Å². The highest BCUT2D eigenvalue weighted by Gasteiger charge is 2.03. The zero-order chi connectivity index (χ0) is 17.2. The summed E-state index contributed by atoms with van der Waals surface area (Å²) in [5.41, 5.74) is 2.93. The number of hydrogen-bond donors (Lipinski definition) is 2. The van der Waals surface area contributed by atoms with Crippen LogP contribution in [0, 0.1) is 0 Å². The van der Waals surface area contributed by atoms with E-state index in [2.05, 4.69) is 29.3 Å². The Morgan fingerprint density at radius 1 is 1.12 bits per heavy atom. The van der Waals surface area contributed by atoms with Gasteiger partial charge in [0, 0.05) is 11.8 Å². The zero-order valence-corrected chi connectivity index (χ0v) is 14.0. The third-order valence-electron chi connectivity index (χ3n) is 3.32. The Balaban J connectivity index is 1.72. The minimum absolute atomic E-state index is 0.0693. The average Bonchev–Trinajstić information content (AvgIpc) is 2.58. The number of carbonyl (C=O) groups is 1. The van der Waals surface area contributed by atoms with E-state index >= 15 is 0 Å². The molecule has 0 bridgehead atoms. The quantitative estimate of drug-likeness (QED) is 0.549. The van der Waals surface area contributed by atoms with Gasteiger partial charge in [-0.15, -0.1) is 0 Å². The molecule has 4 heteroatoms. The molecule has 126 valence electrons. The molecule has 0 saturated heterocycles. The van der Waals surface area contributed by atoms with Crippen LogP contribution in [0.4, 0.5) is 5.69 Å². The molecule has 2 aromatic carbocycles. The van der Waals surface area contributed by atoms with Crippen molar-refractivity contribution in [1.29, 1.82) is 0 Å². The van der Waals surface area contributed by atoms with Crippen LogP contribution >= 0.6 is 0 Å². The first-order valence-corrected chi connectivity index (χ1v) is 8.05. The summed E-state index contributed by atoms with van der Waals surface area (Å²) in [6, 6.07) is 17.6. The molecule has 1 amide bonds. The van der Waals surface area contributed by atoms with Gasteiger partial charge < -0.3 is 15.4 Å². The van der Waals surface area contributed by atoms with Gasteiger partial charge in [-0.1, -0.05) is 43.0 Å². The van der Waals surface area contributed by atoms with Crippen LogP contribution in [-0.2, 0) is 11.2 Å². The highest BCUT2D eigenvalue weighted by molar-refractivity contribution is 5.92. The number of amides is 1. The second kappa shape index (κ2) is 9.53. The first kappa shape index (κ1) is 17.8. The Bertz CT molecular complexity index is 668. The van der Waals surface area contributed by atoms with Crippen LogP contribution in [0.2, 0.25) is 0 Å². The molecule has 0 spiro atoms. The molecule has 2 rings (SSSR count). The van der Waals surface area contributed by atoms with Crippen molar-refractivity contribution in [2.24, 2.45) is 0 Å². The molecule has 2 N–H and O–H groups in total. The van der Waals surface area contributed by atoms with E-state index in [0.29, 0.717) is 12.4 Å². The molecule has 0 heterocycles. The third kappa shape index (κ3) is 6.67. The van der Waals surface area contributed by atoms with Crippen molar-refractivity contribution in [2.75, 3.05) is 25.0 Å². The molecule has 4 nitrogen and oxygen atoms in total. The summed E-state index contributed by atoms with van der Waals surface area (Å²) in [7, 11) is 0. The molecule has 24 heavy (non-hydrogen) atoms. The lowest BCUT2D eigenvalue weighted by Gasteiger charge is -2.10. The second-order valence-corrected chi connectivity index (χ2v) is 5.73. The molecule has 0 unspecified atom stereocenters. The number of anilines is 1. The van der Waals surface area contributed by atoms with Crippen molar-refractivity contribution in [3.05, 3.63) is 72.3 Å². The van der Waals surface area contributed by atoms with Gasteiger partial charge in [0.25, 0.3) is 0 Å². The molecular formula is C20H24N2O2. The van der Waals surface area contributed by atoms with Crippen LogP contribution in [0.15, 0.2) is 66.7 Å². The lowest BCUT2D eigenvalue weighted by Crippen LogP contribution is -2.29. The number of hydrogen-bond acceptors (Lipinski definition) is 3. The van der Waals surface area contributed by atoms with Crippen molar-refractivity contribution in [3.8, 4) is 5.75 Å². The van der Waals surface area contributed by atoms with Gasteiger partial charge in [0.05, 0.1) is 6.54 Å². The summed E-state index contributed by atoms with van der Waals surface area (Å²) in [4.78, 5) is 12.0. The normalized spacial score (nSPS) is 10.2. The predicted molar refractivity (Wildman–Crippen MR) is 98.4 cm³/mol. The molecule has 2 aromatic rings. The zero-order valence-electron chi connectivity index (χ0n) is 14.0. The Kier molecular flexibility index (Phi) is 7.05. The molecular weight excluding hydrogens is 300 g/mol. The largest absolute Gasteiger partial charge is 0.489 e. The molecule has 0 fully saturated rings. The van der Waals surface area contributed by atoms with Gasteiger partial charge in [-0.05, 0) is 43.2 Å². The van der Waals surface area contributed by atoms with Gasteiger partial charge in [0.2, 0.25) is 5.91 Å². The summed E-state index contributed by atoms with van der Waals surface area (Å²) >= 11 is 0. The Labute approximate surface area is 143 Å². The van der Waals surface area contributed by atoms with E-state index in [1.54, 1.807) is 0 Å². The molecule has 0 aliphatic rings. The summed E-state index contributed by atoms with van der Waals surface area (Å²) in [5, 5.41) is 6.02. The van der Waals surface area contributed by atoms with Gasteiger partial charge in [-0.25, -0.2) is 0 Å². The van der Waals surface area contributed by atoms with Crippen LogP contribution < -0.4 is 15.4 Å². The smallest absolute Gasteiger partial charge is 0.238 e. The average molecular weight is 324 g/mol. The fourth-order valence-corrected chi connectivity index (χ4v) is 2.15. The van der Waals surface area contributed by atoms with E-state index in [9.17, 15) is 4.79 Å². The third-order valence-corrected chi connectivity index (χ3v) is 3.32. The van der Waals surface area contributed by atoms with E-state index in [0.717, 1.165) is 24.2 Å². The van der Waals surface area contributed by atoms with Gasteiger partial charge in [0.15, 0.2) is 0 Å². The van der Waals surface area contributed by atoms with Crippen LogP contribution in [0.1, 0.15) is 12.5 Å². The SMILES string of the molecule is C=C(C)COc1cccc(NC(=O)CNCCc2ccccc2)c1. The van der Waals surface area contributed by atoms with Crippen LogP contribution in [-0.4, -0.2) is 25.6 Å². The van der Waals surface area contributed by atoms with Gasteiger partial charge in [-0.2, -0.15) is 0 Å². The minimum atomic E-state index is -0.0693. The summed E-state index contributed by atoms with van der Waals surface area (Å²) in [6.07, 6.45) is 0.901. The number of rotatable bonds is 9. The summed E-state index contributed by atoms with van der Waals surface area (Å²) in [5.74, 6) is 0.646. The second-order valence-electron chi connectivity index (χ2n) is 5.73. The molecule has 0 radical (unpaired) electrons. The van der Waals surface area contributed by atoms with Crippen molar-refractivity contribution in [2.45, 2.75) is 13.3 Å². The molecule has 0 saturated carbocycles. The maximum atomic E-state index is 12.0. The number of carbonyl (C=O) groups excluding carboxylic acids is 1. The predicted octanol–water partition coefficient (Wildman–Crippen LogP) is 3.41. The number of benzene rings is 2. The lowest BCUT2D eigenvalue weighted by atomic mass is 10.1. The van der Waals surface area contributed by atoms with Crippen LogP contribution in [0.3, 0.4) is 0 Å². The Morgan fingerprint density at radius 3 is 2.67 bits per heavy atom. The first-order valence-electron chi connectivity index (χ1n) is 8.05. The lowest BCUT2D eigenvalue weighted by molar-refractivity contribution is -0.115. The number of nitrogens with one attached hydrogen (secondary N) is 2. The van der Waals surface area contributed by atoms with E-state index < -0.39 is 0 Å². The Hall–Kier alpha value is -2.59. The number of ether oxygens (including phenoxy) is 1. The highest BCUT2D eigenvalue weighted by atomic mass is 16.5. The fourth-order valence-electron chi connectivity index (χ4n) is 2.15. The van der Waals surface area contributed by atoms with E-state index in [1.165, 1.54) is 5.56 Å². The molecule has 0 aliphatic carbocycles. The van der Waals surface area contributed by atoms with E-state index in [4.69, 9.17) is 4.74 Å². The van der Waals surface area contributed by atoms with Gasteiger partial charge >= 0.3 is 0 Å². The maximum absolute atomic E-state index is 12.0. The minimum Gasteiger partial charge on any atom is -0.489 e. The highest BCUT2D eigenvalue weighted by Crippen LogP contribution is 2.17. The van der Waals surface area contributed by atoms with E-state index in [-0.39, 0.29) is 12.5 Å². The van der Waals surface area contributed by atoms with Crippen LogP contribution in [0.5, 0.6) is 5.75 Å². The molecule has 0 aromatic heterocycles. The maximum Gasteiger partial charge on any atom is 0.238 e. The first-order chi connectivity index (χ1) is 11.6. The van der Waals surface area contributed by atoms with Crippen LogP contribution in [0.25, 0.3) is 0 Å². The molecule has 0 atom stereocenters. The summed E-state index contributed by atoms with van der Waals surface area (Å²) in [6.45, 7) is 7.23. The van der Waals surface area contributed by atoms with Crippen molar-refractivity contribution < 1.29 is 9.53 Å². The standard InChI is InChI=1S/C20H24N2O2/c1-16(2)15-24-19-10-6-9-18(13-19)22-20(23)14-21-12-11-17-7-4-3-5-8-17/h3-10,13,21H,1,11-12,14-15H2,2H3,(H,22,23). The van der Waals surface area contributed by atoms with Crippen molar-refractivity contribution in [3.63, 3.8) is 0 Å². The van der Waals surface area contributed by atoms with Crippen molar-refractivity contribution in [1.82, 2.24) is 5.32 Å². The monoisotopic (exact) mass is 324 g/mol. The molecule has 0 aliphatic heterocycles. The van der Waals surface area contributed by atoms with Gasteiger partial charge in [-0.3, -0.25) is 4.79 Å².